The van der Waals surface area contributed by atoms with Crippen LogP contribution in [0, 0.1) is 5.41 Å². The first kappa shape index (κ1) is 13.8. The van der Waals surface area contributed by atoms with Crippen LogP contribution in [0.15, 0.2) is 28.7 Å². The van der Waals surface area contributed by atoms with Crippen molar-refractivity contribution in [3.8, 4) is 0 Å². The molecule has 0 bridgehead atoms. The lowest BCUT2D eigenvalue weighted by Crippen LogP contribution is -2.38. The quantitative estimate of drug-likeness (QED) is 0.793. The summed E-state index contributed by atoms with van der Waals surface area (Å²) >= 11 is 3.39. The molecule has 1 saturated heterocycles. The standard InChI is InChI=1S/C15H20BrNO/c1-11(17-9-8-15(2,3)10-17)14(18)12-4-6-13(16)7-5-12/h4-7,11H,8-10H2,1-3H3. The molecule has 1 aliphatic rings. The Morgan fingerprint density at radius 2 is 1.94 bits per heavy atom. The van der Waals surface area contributed by atoms with E-state index in [1.54, 1.807) is 0 Å². The second-order valence-electron chi connectivity index (χ2n) is 5.93. The highest BCUT2D eigenvalue weighted by molar-refractivity contribution is 9.10. The molecule has 3 heteroatoms. The van der Waals surface area contributed by atoms with Crippen LogP contribution in [0.5, 0.6) is 0 Å². The van der Waals surface area contributed by atoms with Gasteiger partial charge in [0.2, 0.25) is 0 Å². The molecule has 1 unspecified atom stereocenters. The second-order valence-corrected chi connectivity index (χ2v) is 6.85. The summed E-state index contributed by atoms with van der Waals surface area (Å²) < 4.78 is 1.01. The molecule has 1 heterocycles. The van der Waals surface area contributed by atoms with E-state index in [4.69, 9.17) is 0 Å². The van der Waals surface area contributed by atoms with Crippen molar-refractivity contribution in [3.05, 3.63) is 34.3 Å². The average Bonchev–Trinajstić information content (AvgIpc) is 2.69. The van der Waals surface area contributed by atoms with Crippen LogP contribution in [-0.4, -0.2) is 29.8 Å². The minimum Gasteiger partial charge on any atom is -0.293 e. The third-order valence-corrected chi connectivity index (χ3v) is 4.29. The highest BCUT2D eigenvalue weighted by atomic mass is 79.9. The predicted molar refractivity (Wildman–Crippen MR) is 77.9 cm³/mol. The van der Waals surface area contributed by atoms with Crippen LogP contribution in [0.3, 0.4) is 0 Å². The van der Waals surface area contributed by atoms with Crippen LogP contribution in [-0.2, 0) is 0 Å². The van der Waals surface area contributed by atoms with E-state index in [2.05, 4.69) is 34.7 Å². The van der Waals surface area contributed by atoms with Gasteiger partial charge in [0, 0.05) is 16.6 Å². The molecule has 1 aromatic rings. The number of nitrogens with zero attached hydrogens (tertiary/aromatic N) is 1. The van der Waals surface area contributed by atoms with Gasteiger partial charge in [-0.2, -0.15) is 0 Å². The van der Waals surface area contributed by atoms with Gasteiger partial charge in [0.25, 0.3) is 0 Å². The summed E-state index contributed by atoms with van der Waals surface area (Å²) in [5, 5.41) is 0. The Balaban J connectivity index is 2.07. The molecule has 0 aromatic heterocycles. The number of carbonyl (C=O) groups is 1. The number of rotatable bonds is 3. The molecule has 1 aromatic carbocycles. The fourth-order valence-corrected chi connectivity index (χ4v) is 2.77. The molecule has 0 spiro atoms. The molecule has 1 fully saturated rings. The van der Waals surface area contributed by atoms with Gasteiger partial charge in [-0.25, -0.2) is 0 Å². The van der Waals surface area contributed by atoms with Gasteiger partial charge in [-0.3, -0.25) is 9.69 Å². The van der Waals surface area contributed by atoms with Crippen LogP contribution >= 0.6 is 15.9 Å². The van der Waals surface area contributed by atoms with Crippen LogP contribution in [0.2, 0.25) is 0 Å². The third kappa shape index (κ3) is 3.01. The summed E-state index contributed by atoms with van der Waals surface area (Å²) in [4.78, 5) is 14.7. The zero-order chi connectivity index (χ0) is 13.3. The SMILES string of the molecule is CC(C(=O)c1ccc(Br)cc1)N1CCC(C)(C)C1. The Labute approximate surface area is 117 Å². The van der Waals surface area contributed by atoms with Gasteiger partial charge < -0.3 is 0 Å². The van der Waals surface area contributed by atoms with Crippen LogP contribution < -0.4 is 0 Å². The highest BCUT2D eigenvalue weighted by Crippen LogP contribution is 2.30. The zero-order valence-electron chi connectivity index (χ0n) is 11.2. The number of Topliss-reactive ketones (excluding diaryl/α,β-unsaturated/α-hetero) is 1. The summed E-state index contributed by atoms with van der Waals surface area (Å²) in [6.07, 6.45) is 1.17. The van der Waals surface area contributed by atoms with Crippen molar-refractivity contribution in [2.75, 3.05) is 13.1 Å². The Morgan fingerprint density at radius 3 is 2.44 bits per heavy atom. The normalized spacial score (nSPS) is 20.9. The molecular formula is C15H20BrNO. The molecule has 0 aliphatic carbocycles. The second kappa shape index (κ2) is 5.14. The first-order chi connectivity index (χ1) is 8.39. The van der Waals surface area contributed by atoms with Gasteiger partial charge in [-0.1, -0.05) is 41.9 Å². The molecule has 1 aliphatic heterocycles. The van der Waals surface area contributed by atoms with Crippen molar-refractivity contribution >= 4 is 21.7 Å². The molecule has 0 radical (unpaired) electrons. The molecule has 18 heavy (non-hydrogen) atoms. The fourth-order valence-electron chi connectivity index (χ4n) is 2.51. The van der Waals surface area contributed by atoms with Crippen molar-refractivity contribution in [2.45, 2.75) is 33.2 Å². The van der Waals surface area contributed by atoms with Gasteiger partial charge in [0.15, 0.2) is 5.78 Å². The van der Waals surface area contributed by atoms with Gasteiger partial charge in [0.05, 0.1) is 6.04 Å². The van der Waals surface area contributed by atoms with Crippen molar-refractivity contribution in [1.82, 2.24) is 4.90 Å². The largest absolute Gasteiger partial charge is 0.293 e. The highest BCUT2D eigenvalue weighted by Gasteiger charge is 2.34. The smallest absolute Gasteiger partial charge is 0.179 e. The number of carbonyl (C=O) groups excluding carboxylic acids is 1. The Bertz CT molecular complexity index is 438. The summed E-state index contributed by atoms with van der Waals surface area (Å²) in [6.45, 7) is 8.59. The van der Waals surface area contributed by atoms with Crippen molar-refractivity contribution in [1.29, 1.82) is 0 Å². The number of hydrogen-bond donors (Lipinski definition) is 0. The van der Waals surface area contributed by atoms with Crippen LogP contribution in [0.25, 0.3) is 0 Å². The monoisotopic (exact) mass is 309 g/mol. The first-order valence-electron chi connectivity index (χ1n) is 6.43. The topological polar surface area (TPSA) is 20.3 Å². The fraction of sp³-hybridized carbons (Fsp3) is 0.533. The van der Waals surface area contributed by atoms with E-state index in [0.717, 1.165) is 23.1 Å². The minimum absolute atomic E-state index is 0.0204. The van der Waals surface area contributed by atoms with Crippen molar-refractivity contribution in [3.63, 3.8) is 0 Å². The van der Waals surface area contributed by atoms with E-state index in [0.29, 0.717) is 5.41 Å². The number of hydrogen-bond acceptors (Lipinski definition) is 2. The Morgan fingerprint density at radius 1 is 1.33 bits per heavy atom. The first-order valence-corrected chi connectivity index (χ1v) is 7.22. The van der Waals surface area contributed by atoms with E-state index in [1.165, 1.54) is 6.42 Å². The molecule has 2 rings (SSSR count). The van der Waals surface area contributed by atoms with Gasteiger partial charge in [-0.15, -0.1) is 0 Å². The molecule has 0 N–H and O–H groups in total. The molecule has 0 amide bonds. The predicted octanol–water partition coefficient (Wildman–Crippen LogP) is 3.75. The van der Waals surface area contributed by atoms with Gasteiger partial charge >= 0.3 is 0 Å². The molecule has 0 saturated carbocycles. The number of ketones is 1. The molecule has 1 atom stereocenters. The van der Waals surface area contributed by atoms with E-state index in [9.17, 15) is 4.79 Å². The number of likely N-dealkylation sites (tertiary alicyclic amines) is 1. The lowest BCUT2D eigenvalue weighted by Gasteiger charge is -2.25. The van der Waals surface area contributed by atoms with E-state index >= 15 is 0 Å². The lowest BCUT2D eigenvalue weighted by molar-refractivity contribution is 0.0857. The number of benzene rings is 1. The Hall–Kier alpha value is -0.670. The van der Waals surface area contributed by atoms with Crippen molar-refractivity contribution in [2.24, 2.45) is 5.41 Å². The maximum Gasteiger partial charge on any atom is 0.179 e. The maximum atomic E-state index is 12.4. The van der Waals surface area contributed by atoms with E-state index in [-0.39, 0.29) is 11.8 Å². The van der Waals surface area contributed by atoms with E-state index < -0.39 is 0 Å². The third-order valence-electron chi connectivity index (χ3n) is 3.76. The zero-order valence-corrected chi connectivity index (χ0v) is 12.8. The van der Waals surface area contributed by atoms with E-state index in [1.807, 2.05) is 31.2 Å². The Kier molecular flexibility index (Phi) is 3.93. The molecule has 2 nitrogen and oxygen atoms in total. The van der Waals surface area contributed by atoms with Crippen LogP contribution in [0.4, 0.5) is 0 Å². The minimum atomic E-state index is -0.0204. The summed E-state index contributed by atoms with van der Waals surface area (Å²) in [5.41, 5.74) is 1.14. The molecular weight excluding hydrogens is 290 g/mol. The average molecular weight is 310 g/mol. The summed E-state index contributed by atoms with van der Waals surface area (Å²) in [7, 11) is 0. The number of halogens is 1. The van der Waals surface area contributed by atoms with Gasteiger partial charge in [0.1, 0.15) is 0 Å². The molecule has 98 valence electrons. The van der Waals surface area contributed by atoms with Crippen LogP contribution in [0.1, 0.15) is 37.6 Å². The summed E-state index contributed by atoms with van der Waals surface area (Å²) in [5.74, 6) is 0.222. The van der Waals surface area contributed by atoms with Gasteiger partial charge in [-0.05, 0) is 37.4 Å². The summed E-state index contributed by atoms with van der Waals surface area (Å²) in [6, 6.07) is 7.61. The lowest BCUT2D eigenvalue weighted by atomic mass is 9.93. The maximum absolute atomic E-state index is 12.4. The van der Waals surface area contributed by atoms with Crippen molar-refractivity contribution < 1.29 is 4.79 Å².